The number of hydrogen-bond acceptors (Lipinski definition) is 4. The minimum Gasteiger partial charge on any atom is -0.379 e. The van der Waals surface area contributed by atoms with E-state index in [-0.39, 0.29) is 6.10 Å². The van der Waals surface area contributed by atoms with Gasteiger partial charge in [-0.05, 0) is 0 Å². The number of alkyl halides is 1. The monoisotopic (exact) mass is 370 g/mol. The van der Waals surface area contributed by atoms with Crippen LogP contribution >= 0.6 is 22.6 Å². The minimum absolute atomic E-state index is 0.153. The van der Waals surface area contributed by atoms with Gasteiger partial charge in [-0.2, -0.15) is 4.39 Å². The SMILES string of the molecule is O=c1[nH]c(=O)n([C@H]2CCOC[C@@H](CI)O2)cc1F. The van der Waals surface area contributed by atoms with Crippen LogP contribution in [0.3, 0.4) is 0 Å². The Morgan fingerprint density at radius 1 is 1.56 bits per heavy atom. The summed E-state index contributed by atoms with van der Waals surface area (Å²) >= 11 is 2.15. The highest BCUT2D eigenvalue weighted by atomic mass is 127. The fourth-order valence-electron chi connectivity index (χ4n) is 1.69. The van der Waals surface area contributed by atoms with Crippen LogP contribution in [-0.2, 0) is 9.47 Å². The fourth-order valence-corrected chi connectivity index (χ4v) is 2.15. The third kappa shape index (κ3) is 2.98. The third-order valence-corrected chi connectivity index (χ3v) is 3.55. The Balaban J connectivity index is 2.32. The van der Waals surface area contributed by atoms with Gasteiger partial charge in [-0.3, -0.25) is 14.3 Å². The van der Waals surface area contributed by atoms with Crippen molar-refractivity contribution in [1.29, 1.82) is 0 Å². The van der Waals surface area contributed by atoms with Gasteiger partial charge in [0.2, 0.25) is 5.82 Å². The molecule has 1 aliphatic heterocycles. The number of nitrogens with one attached hydrogen (secondary N) is 1. The van der Waals surface area contributed by atoms with Crippen LogP contribution in [0.5, 0.6) is 0 Å². The van der Waals surface area contributed by atoms with Crippen LogP contribution in [0.25, 0.3) is 0 Å². The number of halogens is 2. The molecule has 100 valence electrons. The van der Waals surface area contributed by atoms with Crippen molar-refractivity contribution in [2.75, 3.05) is 17.6 Å². The van der Waals surface area contributed by atoms with Crippen LogP contribution in [-0.4, -0.2) is 33.3 Å². The zero-order valence-corrected chi connectivity index (χ0v) is 11.6. The highest BCUT2D eigenvalue weighted by Gasteiger charge is 2.23. The number of aromatic nitrogens is 2. The lowest BCUT2D eigenvalue weighted by Gasteiger charge is -2.20. The van der Waals surface area contributed by atoms with Crippen LogP contribution in [0, 0.1) is 5.82 Å². The van der Waals surface area contributed by atoms with E-state index in [1.165, 1.54) is 0 Å². The molecule has 18 heavy (non-hydrogen) atoms. The summed E-state index contributed by atoms with van der Waals surface area (Å²) in [5.41, 5.74) is -1.70. The first-order valence-electron chi connectivity index (χ1n) is 5.42. The predicted octanol–water partition coefficient (Wildman–Crippen LogP) is 0.415. The summed E-state index contributed by atoms with van der Waals surface area (Å²) in [5.74, 6) is -1.01. The molecule has 0 amide bonds. The van der Waals surface area contributed by atoms with Crippen molar-refractivity contribution < 1.29 is 13.9 Å². The van der Waals surface area contributed by atoms with Gasteiger partial charge in [0.25, 0.3) is 5.56 Å². The first-order valence-corrected chi connectivity index (χ1v) is 6.94. The molecule has 0 spiro atoms. The second-order valence-corrected chi connectivity index (χ2v) is 4.76. The second-order valence-electron chi connectivity index (χ2n) is 3.87. The molecule has 2 atom stereocenters. The van der Waals surface area contributed by atoms with Crippen LogP contribution < -0.4 is 11.2 Å². The molecule has 1 aromatic heterocycles. The quantitative estimate of drug-likeness (QED) is 0.605. The average molecular weight is 370 g/mol. The molecule has 1 aromatic rings. The van der Waals surface area contributed by atoms with E-state index in [9.17, 15) is 14.0 Å². The molecule has 2 heterocycles. The van der Waals surface area contributed by atoms with Crippen molar-refractivity contribution in [3.8, 4) is 0 Å². The van der Waals surface area contributed by atoms with E-state index in [0.717, 1.165) is 10.8 Å². The maximum absolute atomic E-state index is 13.2. The summed E-state index contributed by atoms with van der Waals surface area (Å²) in [6.45, 7) is 0.866. The van der Waals surface area contributed by atoms with E-state index in [0.29, 0.717) is 24.1 Å². The molecule has 0 saturated carbocycles. The Morgan fingerprint density at radius 3 is 3.06 bits per heavy atom. The Kier molecular flexibility index (Phi) is 4.51. The van der Waals surface area contributed by atoms with Crippen molar-refractivity contribution in [1.82, 2.24) is 9.55 Å². The van der Waals surface area contributed by atoms with Crippen molar-refractivity contribution in [2.45, 2.75) is 18.8 Å². The van der Waals surface area contributed by atoms with E-state index < -0.39 is 23.3 Å². The van der Waals surface area contributed by atoms with Gasteiger partial charge in [-0.15, -0.1) is 0 Å². The van der Waals surface area contributed by atoms with Crippen molar-refractivity contribution >= 4 is 22.6 Å². The van der Waals surface area contributed by atoms with Gasteiger partial charge >= 0.3 is 5.69 Å². The number of hydrogen-bond donors (Lipinski definition) is 1. The minimum atomic E-state index is -1.02. The van der Waals surface area contributed by atoms with Gasteiger partial charge in [-0.1, -0.05) is 22.6 Å². The van der Waals surface area contributed by atoms with Crippen LogP contribution in [0.2, 0.25) is 0 Å². The van der Waals surface area contributed by atoms with Gasteiger partial charge < -0.3 is 9.47 Å². The smallest absolute Gasteiger partial charge is 0.330 e. The Bertz CT molecular complexity index is 529. The molecule has 0 bridgehead atoms. The first-order chi connectivity index (χ1) is 8.61. The number of rotatable bonds is 2. The van der Waals surface area contributed by atoms with E-state index in [1.54, 1.807) is 0 Å². The summed E-state index contributed by atoms with van der Waals surface area (Å²) in [7, 11) is 0. The van der Waals surface area contributed by atoms with E-state index in [2.05, 4.69) is 22.6 Å². The molecule has 1 N–H and O–H groups in total. The second kappa shape index (κ2) is 5.93. The standard InChI is InChI=1S/C10H12FIN2O4/c11-7-4-14(10(16)13-9(7)15)8-1-2-17-5-6(3-12)18-8/h4,6,8H,1-3,5H2,(H,13,15,16)/t6-,8-/m1/s1. The molecule has 8 heteroatoms. The van der Waals surface area contributed by atoms with Crippen molar-refractivity contribution in [3.63, 3.8) is 0 Å². The maximum Gasteiger partial charge on any atom is 0.330 e. The Hall–Kier alpha value is -0.740. The molecule has 0 unspecified atom stereocenters. The van der Waals surface area contributed by atoms with Gasteiger partial charge in [0.1, 0.15) is 6.23 Å². The van der Waals surface area contributed by atoms with Gasteiger partial charge in [0.15, 0.2) is 0 Å². The summed E-state index contributed by atoms with van der Waals surface area (Å²) < 4.78 is 26.0. The Morgan fingerprint density at radius 2 is 2.33 bits per heavy atom. The van der Waals surface area contributed by atoms with E-state index >= 15 is 0 Å². The van der Waals surface area contributed by atoms with Crippen LogP contribution in [0.15, 0.2) is 15.8 Å². The maximum atomic E-state index is 13.2. The normalized spacial score (nSPS) is 24.8. The lowest BCUT2D eigenvalue weighted by atomic mass is 10.4. The summed E-state index contributed by atoms with van der Waals surface area (Å²) in [4.78, 5) is 24.5. The molecule has 2 rings (SSSR count). The highest BCUT2D eigenvalue weighted by Crippen LogP contribution is 2.18. The molecule has 6 nitrogen and oxygen atoms in total. The summed E-state index contributed by atoms with van der Waals surface area (Å²) in [6.07, 6.45) is 0.533. The number of H-pyrrole nitrogens is 1. The molecule has 1 saturated heterocycles. The molecule has 0 aliphatic carbocycles. The van der Waals surface area contributed by atoms with Crippen molar-refractivity contribution in [3.05, 3.63) is 32.9 Å². The topological polar surface area (TPSA) is 73.3 Å². The summed E-state index contributed by atoms with van der Waals surface area (Å²) in [6, 6.07) is 0. The number of nitrogens with zero attached hydrogens (tertiary/aromatic N) is 1. The van der Waals surface area contributed by atoms with E-state index in [4.69, 9.17) is 9.47 Å². The predicted molar refractivity (Wildman–Crippen MR) is 69.5 cm³/mol. The van der Waals surface area contributed by atoms with Crippen molar-refractivity contribution in [2.24, 2.45) is 0 Å². The van der Waals surface area contributed by atoms with Gasteiger partial charge in [-0.25, -0.2) is 4.79 Å². The fraction of sp³-hybridized carbons (Fsp3) is 0.600. The zero-order valence-electron chi connectivity index (χ0n) is 9.40. The molecular weight excluding hydrogens is 358 g/mol. The van der Waals surface area contributed by atoms with E-state index in [1.807, 2.05) is 4.98 Å². The number of ether oxygens (including phenoxy) is 2. The zero-order chi connectivity index (χ0) is 13.1. The average Bonchev–Trinajstić information content (AvgIpc) is 2.59. The molecule has 0 radical (unpaired) electrons. The lowest BCUT2D eigenvalue weighted by Crippen LogP contribution is -2.36. The summed E-state index contributed by atoms with van der Waals surface area (Å²) in [5, 5.41) is 0. The third-order valence-electron chi connectivity index (χ3n) is 2.57. The van der Waals surface area contributed by atoms with Crippen LogP contribution in [0.1, 0.15) is 12.6 Å². The molecule has 1 fully saturated rings. The molecule has 1 aliphatic rings. The van der Waals surface area contributed by atoms with Crippen LogP contribution in [0.4, 0.5) is 4.39 Å². The number of aromatic amines is 1. The molecule has 0 aromatic carbocycles. The first kappa shape index (κ1) is 13.7. The van der Waals surface area contributed by atoms with Gasteiger partial charge in [0, 0.05) is 10.8 Å². The Labute approximate surface area is 115 Å². The molecular formula is C10H12FIN2O4. The lowest BCUT2D eigenvalue weighted by molar-refractivity contribution is -0.0431. The largest absolute Gasteiger partial charge is 0.379 e. The van der Waals surface area contributed by atoms with Gasteiger partial charge in [0.05, 0.1) is 25.5 Å². The highest BCUT2D eigenvalue weighted by molar-refractivity contribution is 14.1.